The standard InChI is InChI=1S/C15H14F4N4O3/c1-9(22-25-7-6-16)8-20-13(24)11-4-2-10(3-5-11)12-21-14(26-23-12)15(17,18)19/h2-5H,6-8H2,1H3,(H,20,24)/b22-9+. The van der Waals surface area contributed by atoms with Gasteiger partial charge in [-0.05, 0) is 19.1 Å². The third kappa shape index (κ3) is 5.26. The maximum atomic E-state index is 12.4. The second-order valence-electron chi connectivity index (χ2n) is 5.03. The summed E-state index contributed by atoms with van der Waals surface area (Å²) in [5.41, 5.74) is 0.971. The number of amides is 1. The topological polar surface area (TPSA) is 89.6 Å². The molecule has 0 fully saturated rings. The molecule has 1 heterocycles. The maximum Gasteiger partial charge on any atom is 0.471 e. The maximum absolute atomic E-state index is 12.4. The van der Waals surface area contributed by atoms with E-state index in [0.29, 0.717) is 5.71 Å². The Balaban J connectivity index is 1.97. The number of hydrogen-bond acceptors (Lipinski definition) is 6. The normalized spacial score (nSPS) is 12.1. The molecule has 0 unspecified atom stereocenters. The highest BCUT2D eigenvalue weighted by Gasteiger charge is 2.38. The fourth-order valence-electron chi connectivity index (χ4n) is 1.76. The van der Waals surface area contributed by atoms with E-state index in [1.54, 1.807) is 6.92 Å². The summed E-state index contributed by atoms with van der Waals surface area (Å²) in [6, 6.07) is 5.59. The molecule has 7 nitrogen and oxygen atoms in total. The van der Waals surface area contributed by atoms with Crippen molar-refractivity contribution in [2.75, 3.05) is 19.8 Å². The first-order valence-corrected chi connectivity index (χ1v) is 7.32. The van der Waals surface area contributed by atoms with Gasteiger partial charge >= 0.3 is 12.1 Å². The largest absolute Gasteiger partial charge is 0.471 e. The second kappa shape index (κ2) is 8.41. The van der Waals surface area contributed by atoms with Gasteiger partial charge < -0.3 is 14.7 Å². The van der Waals surface area contributed by atoms with Crippen LogP contribution in [0.1, 0.15) is 23.2 Å². The number of carbonyl (C=O) groups is 1. The quantitative estimate of drug-likeness (QED) is 0.348. The highest BCUT2D eigenvalue weighted by atomic mass is 19.4. The van der Waals surface area contributed by atoms with Crippen molar-refractivity contribution in [2.45, 2.75) is 13.1 Å². The average Bonchev–Trinajstić information content (AvgIpc) is 3.10. The van der Waals surface area contributed by atoms with Gasteiger partial charge in [-0.3, -0.25) is 4.79 Å². The van der Waals surface area contributed by atoms with Gasteiger partial charge in [0.1, 0.15) is 13.3 Å². The van der Waals surface area contributed by atoms with Crippen LogP contribution in [0.15, 0.2) is 33.9 Å². The van der Waals surface area contributed by atoms with E-state index in [1.807, 2.05) is 0 Å². The summed E-state index contributed by atoms with van der Waals surface area (Å²) in [5, 5.41) is 9.42. The molecule has 1 aromatic carbocycles. The summed E-state index contributed by atoms with van der Waals surface area (Å²) in [4.78, 5) is 19.9. The summed E-state index contributed by atoms with van der Waals surface area (Å²) in [5.74, 6) is -2.11. The zero-order chi connectivity index (χ0) is 19.2. The van der Waals surface area contributed by atoms with Crippen molar-refractivity contribution in [2.24, 2.45) is 5.16 Å². The first-order valence-electron chi connectivity index (χ1n) is 7.32. The van der Waals surface area contributed by atoms with E-state index in [4.69, 9.17) is 0 Å². The van der Waals surface area contributed by atoms with Crippen molar-refractivity contribution >= 4 is 11.6 Å². The highest BCUT2D eigenvalue weighted by Crippen LogP contribution is 2.29. The monoisotopic (exact) mass is 374 g/mol. The SMILES string of the molecule is C/C(CNC(=O)c1ccc(-c2noc(C(F)(F)F)n2)cc1)=N\OCCF. The Hall–Kier alpha value is -2.98. The molecule has 1 aromatic heterocycles. The number of benzene rings is 1. The molecule has 26 heavy (non-hydrogen) atoms. The number of carbonyl (C=O) groups excluding carboxylic acids is 1. The number of alkyl halides is 4. The van der Waals surface area contributed by atoms with Gasteiger partial charge in [-0.1, -0.05) is 22.4 Å². The Bertz CT molecular complexity index is 772. The van der Waals surface area contributed by atoms with E-state index in [1.165, 1.54) is 24.3 Å². The van der Waals surface area contributed by atoms with E-state index in [9.17, 15) is 22.4 Å². The van der Waals surface area contributed by atoms with Crippen LogP contribution < -0.4 is 5.32 Å². The number of oxime groups is 1. The van der Waals surface area contributed by atoms with Crippen LogP contribution in [0, 0.1) is 0 Å². The van der Waals surface area contributed by atoms with Gasteiger partial charge in [0.2, 0.25) is 5.82 Å². The predicted molar refractivity (Wildman–Crippen MR) is 82.1 cm³/mol. The summed E-state index contributed by atoms with van der Waals surface area (Å²) >= 11 is 0. The Morgan fingerprint density at radius 3 is 2.58 bits per heavy atom. The minimum absolute atomic E-state index is 0.0899. The zero-order valence-corrected chi connectivity index (χ0v) is 13.5. The van der Waals surface area contributed by atoms with Crippen LogP contribution in [-0.2, 0) is 11.0 Å². The molecule has 0 aliphatic carbocycles. The molecule has 0 radical (unpaired) electrons. The number of aromatic nitrogens is 2. The fraction of sp³-hybridized carbons (Fsp3) is 0.333. The Labute approximate surface area is 145 Å². The first-order chi connectivity index (χ1) is 12.3. The number of hydrogen-bond donors (Lipinski definition) is 1. The lowest BCUT2D eigenvalue weighted by Gasteiger charge is -2.05. The Morgan fingerprint density at radius 1 is 1.31 bits per heavy atom. The van der Waals surface area contributed by atoms with Crippen LogP contribution in [0.4, 0.5) is 17.6 Å². The summed E-state index contributed by atoms with van der Waals surface area (Å²) < 4.78 is 53.4. The van der Waals surface area contributed by atoms with Crippen molar-refractivity contribution < 1.29 is 31.7 Å². The van der Waals surface area contributed by atoms with E-state index < -0.39 is 24.6 Å². The Kier molecular flexibility index (Phi) is 6.26. The lowest BCUT2D eigenvalue weighted by Crippen LogP contribution is -2.28. The first kappa shape index (κ1) is 19.3. The molecule has 1 N–H and O–H groups in total. The van der Waals surface area contributed by atoms with Gasteiger partial charge in [0.05, 0.1) is 12.3 Å². The zero-order valence-electron chi connectivity index (χ0n) is 13.5. The number of nitrogens with one attached hydrogen (secondary N) is 1. The molecule has 2 rings (SSSR count). The smallest absolute Gasteiger partial charge is 0.393 e. The van der Waals surface area contributed by atoms with Crippen LogP contribution in [0.25, 0.3) is 11.4 Å². The van der Waals surface area contributed by atoms with E-state index in [2.05, 4.69) is 30.0 Å². The molecule has 1 amide bonds. The fourth-order valence-corrected chi connectivity index (χ4v) is 1.76. The molecule has 140 valence electrons. The van der Waals surface area contributed by atoms with Gasteiger partial charge in [-0.25, -0.2) is 4.39 Å². The van der Waals surface area contributed by atoms with Crippen LogP contribution in [-0.4, -0.2) is 41.6 Å². The third-order valence-corrected chi connectivity index (χ3v) is 2.97. The summed E-state index contributed by atoms with van der Waals surface area (Å²) in [6.45, 7) is 0.849. The molecule has 0 bridgehead atoms. The molecule has 0 saturated carbocycles. The van der Waals surface area contributed by atoms with Gasteiger partial charge in [-0.2, -0.15) is 18.2 Å². The number of nitrogens with zero attached hydrogens (tertiary/aromatic N) is 3. The van der Waals surface area contributed by atoms with Crippen molar-refractivity contribution in [1.82, 2.24) is 15.5 Å². The van der Waals surface area contributed by atoms with E-state index >= 15 is 0 Å². The van der Waals surface area contributed by atoms with Gasteiger partial charge in [0.25, 0.3) is 5.91 Å². The lowest BCUT2D eigenvalue weighted by atomic mass is 10.1. The van der Waals surface area contributed by atoms with E-state index in [0.717, 1.165) is 0 Å². The van der Waals surface area contributed by atoms with Crippen LogP contribution in [0.5, 0.6) is 0 Å². The predicted octanol–water partition coefficient (Wildman–Crippen LogP) is 2.85. The van der Waals surface area contributed by atoms with Crippen LogP contribution in [0.3, 0.4) is 0 Å². The molecule has 0 aliphatic rings. The van der Waals surface area contributed by atoms with Gasteiger partial charge in [0, 0.05) is 11.1 Å². The molecule has 0 aliphatic heterocycles. The minimum atomic E-state index is -4.72. The molecular formula is C15H14F4N4O3. The number of halogens is 4. The number of rotatable bonds is 7. The molecule has 2 aromatic rings. The summed E-state index contributed by atoms with van der Waals surface area (Å²) in [6.07, 6.45) is -4.72. The van der Waals surface area contributed by atoms with E-state index in [-0.39, 0.29) is 30.1 Å². The van der Waals surface area contributed by atoms with Crippen molar-refractivity contribution in [3.05, 3.63) is 35.7 Å². The van der Waals surface area contributed by atoms with Crippen molar-refractivity contribution in [1.29, 1.82) is 0 Å². The minimum Gasteiger partial charge on any atom is -0.393 e. The van der Waals surface area contributed by atoms with Crippen LogP contribution in [0.2, 0.25) is 0 Å². The second-order valence-corrected chi connectivity index (χ2v) is 5.03. The molecule has 0 atom stereocenters. The third-order valence-electron chi connectivity index (χ3n) is 2.97. The van der Waals surface area contributed by atoms with Crippen molar-refractivity contribution in [3.8, 4) is 11.4 Å². The van der Waals surface area contributed by atoms with Gasteiger partial charge in [-0.15, -0.1) is 0 Å². The summed E-state index contributed by atoms with van der Waals surface area (Å²) in [7, 11) is 0. The Morgan fingerprint density at radius 2 is 2.00 bits per heavy atom. The van der Waals surface area contributed by atoms with Crippen LogP contribution >= 0.6 is 0 Å². The van der Waals surface area contributed by atoms with Gasteiger partial charge in [0.15, 0.2) is 0 Å². The highest BCUT2D eigenvalue weighted by molar-refractivity contribution is 5.97. The lowest BCUT2D eigenvalue weighted by molar-refractivity contribution is -0.159. The molecule has 11 heteroatoms. The van der Waals surface area contributed by atoms with Crippen molar-refractivity contribution in [3.63, 3.8) is 0 Å². The molecular weight excluding hydrogens is 360 g/mol. The molecule has 0 saturated heterocycles. The molecule has 0 spiro atoms. The average molecular weight is 374 g/mol.